The van der Waals surface area contributed by atoms with Gasteiger partial charge in [-0.1, -0.05) is 29.5 Å². The van der Waals surface area contributed by atoms with Crippen LogP contribution in [0.1, 0.15) is 15.9 Å². The first-order chi connectivity index (χ1) is 13.0. The lowest BCUT2D eigenvalue weighted by atomic mass is 10.1. The average Bonchev–Trinajstić information content (AvgIpc) is 2.70. The molecule has 0 aliphatic carbocycles. The maximum atomic E-state index is 12.6. The minimum absolute atomic E-state index is 0.112. The topological polar surface area (TPSA) is 61.8 Å². The summed E-state index contributed by atoms with van der Waals surface area (Å²) in [4.78, 5) is 25.0. The molecular weight excluding hydrogens is 364 g/mol. The first kappa shape index (κ1) is 18.7. The highest BCUT2D eigenvalue weighted by Gasteiger charge is 2.14. The first-order valence-electron chi connectivity index (χ1n) is 8.12. The van der Waals surface area contributed by atoms with Gasteiger partial charge in [0.1, 0.15) is 17.2 Å². The van der Waals surface area contributed by atoms with Crippen molar-refractivity contribution in [3.8, 4) is 17.2 Å². The number of ether oxygens (including phenoxy) is 3. The number of carbonyl (C=O) groups is 1. The molecule has 0 amide bonds. The number of fused-ring (bicyclic) bond motifs is 1. The summed E-state index contributed by atoms with van der Waals surface area (Å²) < 4.78 is 16.1. The van der Waals surface area contributed by atoms with Crippen LogP contribution in [0.5, 0.6) is 17.2 Å². The Bertz CT molecular complexity index is 1060. The number of allylic oxidation sites excluding steroid dienone is 1. The Labute approximate surface area is 160 Å². The van der Waals surface area contributed by atoms with E-state index < -0.39 is 0 Å². The number of rotatable bonds is 6. The van der Waals surface area contributed by atoms with E-state index in [1.165, 1.54) is 13.2 Å². The van der Waals surface area contributed by atoms with E-state index in [4.69, 9.17) is 14.2 Å². The zero-order valence-corrected chi connectivity index (χ0v) is 16.0. The molecule has 1 heterocycles. The molecule has 0 bridgehead atoms. The Balaban J connectivity index is 1.97. The van der Waals surface area contributed by atoms with Gasteiger partial charge in [0.25, 0.3) is 0 Å². The summed E-state index contributed by atoms with van der Waals surface area (Å²) in [6, 6.07) is 12.3. The van der Waals surface area contributed by atoms with Crippen molar-refractivity contribution in [2.75, 3.05) is 21.3 Å². The smallest absolute Gasteiger partial charge is 0.244 e. The van der Waals surface area contributed by atoms with E-state index in [9.17, 15) is 9.59 Å². The van der Waals surface area contributed by atoms with E-state index in [2.05, 4.69) is 0 Å². The van der Waals surface area contributed by atoms with Crippen LogP contribution in [0.2, 0.25) is 0 Å². The fraction of sp³-hybridized carbons (Fsp3) is 0.143. The molecule has 27 heavy (non-hydrogen) atoms. The van der Waals surface area contributed by atoms with E-state index in [1.807, 2.05) is 12.1 Å². The number of carbonyl (C=O) groups excluding carboxylic acids is 1. The van der Waals surface area contributed by atoms with Gasteiger partial charge in [-0.25, -0.2) is 0 Å². The molecule has 0 unspecified atom stereocenters. The summed E-state index contributed by atoms with van der Waals surface area (Å²) in [5.74, 6) is 1.52. The zero-order chi connectivity index (χ0) is 19.4. The van der Waals surface area contributed by atoms with Gasteiger partial charge < -0.3 is 14.2 Å². The largest absolute Gasteiger partial charge is 0.497 e. The predicted molar refractivity (Wildman–Crippen MR) is 108 cm³/mol. The fourth-order valence-corrected chi connectivity index (χ4v) is 3.51. The summed E-state index contributed by atoms with van der Waals surface area (Å²) in [6.07, 6.45) is 3.06. The third-order valence-corrected chi connectivity index (χ3v) is 5.02. The lowest BCUT2D eigenvalue weighted by Gasteiger charge is -2.08. The Morgan fingerprint density at radius 1 is 0.926 bits per heavy atom. The van der Waals surface area contributed by atoms with Gasteiger partial charge in [0.2, 0.25) is 4.74 Å². The number of hydrogen-bond acceptors (Lipinski definition) is 6. The molecule has 0 saturated heterocycles. The van der Waals surface area contributed by atoms with Crippen molar-refractivity contribution < 1.29 is 19.0 Å². The van der Waals surface area contributed by atoms with Crippen molar-refractivity contribution in [1.29, 1.82) is 0 Å². The maximum absolute atomic E-state index is 12.6. The third kappa shape index (κ3) is 4.01. The minimum atomic E-state index is -0.355. The summed E-state index contributed by atoms with van der Waals surface area (Å²) in [5.41, 5.74) is 0.948. The highest BCUT2D eigenvalue weighted by atomic mass is 32.1. The molecule has 0 atom stereocenters. The predicted octanol–water partition coefficient (Wildman–Crippen LogP) is 4.18. The summed E-state index contributed by atoms with van der Waals surface area (Å²) in [7, 11) is 4.68. The molecule has 0 N–H and O–H groups in total. The van der Waals surface area contributed by atoms with Crippen molar-refractivity contribution in [3.05, 3.63) is 69.2 Å². The van der Waals surface area contributed by atoms with Gasteiger partial charge in [-0.3, -0.25) is 9.59 Å². The zero-order valence-electron chi connectivity index (χ0n) is 15.1. The number of ketones is 1. The second-order valence-corrected chi connectivity index (χ2v) is 6.67. The van der Waals surface area contributed by atoms with Crippen LogP contribution in [0.3, 0.4) is 0 Å². The van der Waals surface area contributed by atoms with Gasteiger partial charge in [0.15, 0.2) is 5.78 Å². The van der Waals surface area contributed by atoms with Gasteiger partial charge in [-0.15, -0.1) is 0 Å². The van der Waals surface area contributed by atoms with Crippen molar-refractivity contribution in [3.63, 3.8) is 0 Å². The molecule has 5 nitrogen and oxygen atoms in total. The molecular formula is C21H18O5S. The van der Waals surface area contributed by atoms with Crippen LogP contribution < -0.4 is 19.0 Å². The quantitative estimate of drug-likeness (QED) is 0.473. The number of methoxy groups -OCH3 is 3. The SMILES string of the molecule is COc1ccc(/C=C\C(=O)c2cc3c(OC)cc(OC)cc3sc2=O)cc1. The van der Waals surface area contributed by atoms with Crippen LogP contribution in [0, 0.1) is 0 Å². The summed E-state index contributed by atoms with van der Waals surface area (Å²) in [6.45, 7) is 0. The van der Waals surface area contributed by atoms with Gasteiger partial charge in [0, 0.05) is 16.2 Å². The first-order valence-corrected chi connectivity index (χ1v) is 8.93. The Morgan fingerprint density at radius 3 is 2.26 bits per heavy atom. The molecule has 0 fully saturated rings. The maximum Gasteiger partial charge on any atom is 0.244 e. The van der Waals surface area contributed by atoms with Crippen LogP contribution in [0.4, 0.5) is 0 Å². The molecule has 0 radical (unpaired) electrons. The van der Waals surface area contributed by atoms with Gasteiger partial charge in [0.05, 0.1) is 26.9 Å². The van der Waals surface area contributed by atoms with Gasteiger partial charge in [-0.05, 0) is 35.9 Å². The second-order valence-electron chi connectivity index (χ2n) is 5.66. The fourth-order valence-electron chi connectivity index (χ4n) is 2.60. The standard InChI is InChI=1S/C21H18O5S/c1-24-14-7-4-13(5-8-14)6-9-18(22)16-12-17-19(26-3)10-15(25-2)11-20(17)27-21(16)23/h4-12H,1-3H3/b9-6-. The number of benzene rings is 2. The molecule has 0 saturated carbocycles. The summed E-state index contributed by atoms with van der Waals surface area (Å²) >= 11 is 0.996. The molecule has 1 aromatic heterocycles. The van der Waals surface area contributed by atoms with Gasteiger partial charge >= 0.3 is 0 Å². The average molecular weight is 382 g/mol. The molecule has 138 valence electrons. The highest BCUT2D eigenvalue weighted by Crippen LogP contribution is 2.32. The minimum Gasteiger partial charge on any atom is -0.497 e. The molecule has 0 aliphatic rings. The van der Waals surface area contributed by atoms with E-state index in [0.29, 0.717) is 21.6 Å². The van der Waals surface area contributed by atoms with Crippen molar-refractivity contribution in [2.45, 2.75) is 0 Å². The Kier molecular flexibility index (Phi) is 5.57. The Morgan fingerprint density at radius 2 is 1.63 bits per heavy atom. The molecule has 0 aliphatic heterocycles. The Hall–Kier alpha value is -3.12. The molecule has 2 aromatic carbocycles. The van der Waals surface area contributed by atoms with E-state index in [1.54, 1.807) is 50.6 Å². The van der Waals surface area contributed by atoms with E-state index >= 15 is 0 Å². The summed E-state index contributed by atoms with van der Waals surface area (Å²) in [5, 5.41) is 0.698. The van der Waals surface area contributed by atoms with E-state index in [0.717, 1.165) is 22.6 Å². The lowest BCUT2D eigenvalue weighted by Crippen LogP contribution is -2.09. The second kappa shape index (κ2) is 8.05. The normalized spacial score (nSPS) is 10.9. The third-order valence-electron chi connectivity index (χ3n) is 4.05. The lowest BCUT2D eigenvalue weighted by molar-refractivity contribution is 0.104. The van der Waals surface area contributed by atoms with E-state index in [-0.39, 0.29) is 16.1 Å². The van der Waals surface area contributed by atoms with Gasteiger partial charge in [-0.2, -0.15) is 0 Å². The van der Waals surface area contributed by atoms with Crippen molar-refractivity contribution in [1.82, 2.24) is 0 Å². The molecule has 6 heteroatoms. The van der Waals surface area contributed by atoms with Crippen LogP contribution >= 0.6 is 11.3 Å². The van der Waals surface area contributed by atoms with Crippen LogP contribution in [-0.4, -0.2) is 27.1 Å². The van der Waals surface area contributed by atoms with Crippen LogP contribution in [-0.2, 0) is 0 Å². The van der Waals surface area contributed by atoms with Crippen molar-refractivity contribution in [2.24, 2.45) is 0 Å². The number of hydrogen-bond donors (Lipinski definition) is 0. The molecule has 3 aromatic rings. The molecule has 0 spiro atoms. The monoisotopic (exact) mass is 382 g/mol. The van der Waals surface area contributed by atoms with Crippen LogP contribution in [0.25, 0.3) is 16.2 Å². The van der Waals surface area contributed by atoms with Crippen molar-refractivity contribution >= 4 is 33.3 Å². The van der Waals surface area contributed by atoms with Crippen LogP contribution in [0.15, 0.2) is 53.3 Å². The molecule has 3 rings (SSSR count). The highest BCUT2D eigenvalue weighted by molar-refractivity contribution is 7.16.